The molecule has 176 valence electrons. The van der Waals surface area contributed by atoms with Gasteiger partial charge in [0.15, 0.2) is 0 Å². The minimum absolute atomic E-state index is 0.148. The molecule has 0 amide bonds. The predicted molar refractivity (Wildman–Crippen MR) is 130 cm³/mol. The van der Waals surface area contributed by atoms with Gasteiger partial charge in [-0.25, -0.2) is 0 Å². The van der Waals surface area contributed by atoms with E-state index in [-0.39, 0.29) is 11.1 Å². The van der Waals surface area contributed by atoms with Crippen LogP contribution in [0.2, 0.25) is 0 Å². The Morgan fingerprint density at radius 3 is 1.28 bits per heavy atom. The molecule has 0 saturated heterocycles. The molecule has 0 heterocycles. The van der Waals surface area contributed by atoms with Crippen molar-refractivity contribution in [3.05, 3.63) is 10.6 Å². The van der Waals surface area contributed by atoms with Gasteiger partial charge < -0.3 is 10.6 Å². The van der Waals surface area contributed by atoms with E-state index < -0.39 is 18.2 Å². The van der Waals surface area contributed by atoms with Crippen LogP contribution in [-0.2, 0) is 18.2 Å². The Morgan fingerprint density at radius 1 is 0.690 bits per heavy atom. The standard InChI is InChI=1S/C8H18N.C6H14N.2C5H11N.Mo/c1-5-7(3)9-8(4)6-2;1-3-5-7-6-4-2;2*1-4-5(2,3)6;/h7-8H,5-6H2,1-4H3;3-6H2,1-2H3;2*4H2,1-3H3;/q2*-1;;;+2. The van der Waals surface area contributed by atoms with Crippen LogP contribution in [-0.4, -0.2) is 36.3 Å². The van der Waals surface area contributed by atoms with Crippen molar-refractivity contribution >= 4 is 0 Å². The molecule has 0 saturated carbocycles. The number of hydrogen-bond donors (Lipinski definition) is 0. The summed E-state index contributed by atoms with van der Waals surface area (Å²) in [5.41, 5.74) is 0.297. The number of hydrogen-bond acceptors (Lipinski definition) is 2. The Labute approximate surface area is 193 Å². The zero-order valence-corrected chi connectivity index (χ0v) is 24.0. The van der Waals surface area contributed by atoms with Gasteiger partial charge in [-0.05, 0) is 0 Å². The fourth-order valence-electron chi connectivity index (χ4n) is 1.44. The zero-order chi connectivity index (χ0) is 23.3. The van der Waals surface area contributed by atoms with Crippen molar-refractivity contribution in [3.8, 4) is 0 Å². The third kappa shape index (κ3) is 28.2. The Morgan fingerprint density at radius 2 is 1.03 bits per heavy atom. The molecule has 0 aliphatic heterocycles. The minimum atomic E-state index is -0.492. The van der Waals surface area contributed by atoms with E-state index in [0.717, 1.165) is 25.9 Å². The summed E-state index contributed by atoms with van der Waals surface area (Å²) in [4.78, 5) is 0. The van der Waals surface area contributed by atoms with E-state index in [9.17, 15) is 0 Å². The maximum Gasteiger partial charge on any atom is -0.0668 e. The van der Waals surface area contributed by atoms with Gasteiger partial charge in [0.25, 0.3) is 0 Å². The summed E-state index contributed by atoms with van der Waals surface area (Å²) in [6, 6.07) is 1.11. The second kappa shape index (κ2) is 21.4. The summed E-state index contributed by atoms with van der Waals surface area (Å²) in [6.45, 7) is 28.2. The molecule has 4 nitrogen and oxygen atoms in total. The van der Waals surface area contributed by atoms with E-state index in [1.165, 1.54) is 25.7 Å². The van der Waals surface area contributed by atoms with Gasteiger partial charge in [-0.1, -0.05) is 67.2 Å². The van der Waals surface area contributed by atoms with Crippen LogP contribution in [0.4, 0.5) is 0 Å². The molecule has 0 spiro atoms. The van der Waals surface area contributed by atoms with Crippen molar-refractivity contribution in [2.24, 2.45) is 6.99 Å². The van der Waals surface area contributed by atoms with Gasteiger partial charge in [-0.2, -0.15) is 0 Å². The molecule has 0 aliphatic carbocycles. The average molecular weight is 495 g/mol. The van der Waals surface area contributed by atoms with Gasteiger partial charge in [0.2, 0.25) is 0 Å². The van der Waals surface area contributed by atoms with E-state index in [1.807, 2.05) is 0 Å². The topological polar surface area (TPSA) is 52.9 Å². The monoisotopic (exact) mass is 496 g/mol. The van der Waals surface area contributed by atoms with E-state index in [1.54, 1.807) is 0 Å². The van der Waals surface area contributed by atoms with Crippen LogP contribution in [0.25, 0.3) is 10.6 Å². The minimum Gasteiger partial charge on any atom is -0.662 e. The Balaban J connectivity index is -0.000000370. The first kappa shape index (κ1) is 33.8. The Kier molecular flexibility index (Phi) is 25.0. The third-order valence-corrected chi connectivity index (χ3v) is 7.59. The van der Waals surface area contributed by atoms with E-state index in [2.05, 4.69) is 101 Å². The first-order valence-electron chi connectivity index (χ1n) is 11.9. The Bertz CT molecular complexity index is 370. The maximum absolute atomic E-state index is 4.67. The van der Waals surface area contributed by atoms with Crippen molar-refractivity contribution < 1.29 is 18.2 Å². The van der Waals surface area contributed by atoms with Gasteiger partial charge in [0.05, 0.1) is 0 Å². The molecule has 0 rings (SSSR count). The third-order valence-electron chi connectivity index (χ3n) is 4.76. The SMILES string of the molecule is CCC(C)(C)[N]=[Mo+2]=[N]C(C)(C)CC.CCC(C)[N-]C(C)CC.CCC[N-]CCC. The molecule has 29 heavy (non-hydrogen) atoms. The first-order valence-corrected chi connectivity index (χ1v) is 13.7. The van der Waals surface area contributed by atoms with Crippen LogP contribution in [0.3, 0.4) is 0 Å². The summed E-state index contributed by atoms with van der Waals surface area (Å²) in [7, 11) is 0. The fraction of sp³-hybridized carbons (Fsp3) is 1.00. The van der Waals surface area contributed by atoms with Crippen LogP contribution in [0.5, 0.6) is 0 Å². The molecule has 0 N–H and O–H groups in total. The summed E-state index contributed by atoms with van der Waals surface area (Å²) in [6.07, 6.45) is 6.95. The van der Waals surface area contributed by atoms with E-state index >= 15 is 0 Å². The summed E-state index contributed by atoms with van der Waals surface area (Å²) in [5, 5.41) is 8.72. The van der Waals surface area contributed by atoms with Gasteiger partial charge in [0.1, 0.15) is 0 Å². The van der Waals surface area contributed by atoms with Gasteiger partial charge in [-0.15, -0.1) is 25.2 Å². The van der Waals surface area contributed by atoms with Crippen molar-refractivity contribution in [1.29, 1.82) is 0 Å². The van der Waals surface area contributed by atoms with Gasteiger partial charge in [0, 0.05) is 0 Å². The normalized spacial score (nSPS) is 13.1. The van der Waals surface area contributed by atoms with Gasteiger partial charge in [-0.3, -0.25) is 0 Å². The quantitative estimate of drug-likeness (QED) is 0.192. The van der Waals surface area contributed by atoms with Crippen molar-refractivity contribution in [2.45, 2.75) is 145 Å². The van der Waals surface area contributed by atoms with E-state index in [4.69, 9.17) is 0 Å². The smallest absolute Gasteiger partial charge is 0.0668 e. The first-order chi connectivity index (χ1) is 13.4. The molecule has 0 bridgehead atoms. The molecular weight excluding hydrogens is 440 g/mol. The largest absolute Gasteiger partial charge is 0.662 e. The molecule has 5 heteroatoms. The van der Waals surface area contributed by atoms with Crippen LogP contribution < -0.4 is 0 Å². The summed E-state index contributed by atoms with van der Waals surface area (Å²) >= 11 is -0.492. The molecule has 0 aromatic rings. The molecule has 0 aromatic heterocycles. The van der Waals surface area contributed by atoms with Crippen LogP contribution in [0.1, 0.15) is 122 Å². The second-order valence-electron chi connectivity index (χ2n) is 8.93. The number of nitrogens with zero attached hydrogens (tertiary/aromatic N) is 4. The van der Waals surface area contributed by atoms with Crippen molar-refractivity contribution in [3.63, 3.8) is 0 Å². The van der Waals surface area contributed by atoms with Crippen molar-refractivity contribution in [2.75, 3.05) is 13.1 Å². The number of rotatable bonds is 12. The van der Waals surface area contributed by atoms with Gasteiger partial charge >= 0.3 is 90.7 Å². The summed E-state index contributed by atoms with van der Waals surface area (Å²) < 4.78 is 9.34. The summed E-state index contributed by atoms with van der Waals surface area (Å²) in [5.74, 6) is 0. The molecular formula is C24H54MoN4. The molecule has 0 radical (unpaired) electrons. The Hall–Kier alpha value is 0.208. The van der Waals surface area contributed by atoms with E-state index in [0.29, 0.717) is 12.1 Å². The second-order valence-corrected chi connectivity index (χ2v) is 10.2. The molecule has 0 fully saturated rings. The maximum atomic E-state index is 4.67. The predicted octanol–water partition coefficient (Wildman–Crippen LogP) is 8.95. The fourth-order valence-corrected chi connectivity index (χ4v) is 3.27. The molecule has 2 atom stereocenters. The average Bonchev–Trinajstić information content (AvgIpc) is 2.68. The van der Waals surface area contributed by atoms with Crippen LogP contribution in [0.15, 0.2) is 6.99 Å². The molecule has 2 unspecified atom stereocenters. The van der Waals surface area contributed by atoms with Crippen molar-refractivity contribution in [1.82, 2.24) is 0 Å². The van der Waals surface area contributed by atoms with Crippen LogP contribution >= 0.6 is 0 Å². The van der Waals surface area contributed by atoms with Crippen LogP contribution in [0, 0.1) is 0 Å². The molecule has 0 aromatic carbocycles. The zero-order valence-electron chi connectivity index (χ0n) is 22.0. The molecule has 0 aliphatic rings.